The van der Waals surface area contributed by atoms with Gasteiger partial charge in [-0.15, -0.1) is 0 Å². The number of rotatable bonds is 7. The lowest BCUT2D eigenvalue weighted by Gasteiger charge is -2.18. The summed E-state index contributed by atoms with van der Waals surface area (Å²) < 4.78 is 4.75. The van der Waals surface area contributed by atoms with E-state index < -0.39 is 0 Å². The average Bonchev–Trinajstić information content (AvgIpc) is 3.87. The highest BCUT2D eigenvalue weighted by molar-refractivity contribution is 6.11. The first-order valence-corrected chi connectivity index (χ1v) is 20.9. The molecule has 0 N–H and O–H groups in total. The number of aromatic nitrogens is 5. The van der Waals surface area contributed by atoms with Gasteiger partial charge in [-0.25, -0.2) is 9.97 Å². The van der Waals surface area contributed by atoms with E-state index in [1.165, 1.54) is 32.6 Å². The van der Waals surface area contributed by atoms with Crippen LogP contribution < -0.4 is 0 Å². The van der Waals surface area contributed by atoms with Crippen molar-refractivity contribution in [1.29, 1.82) is 0 Å². The third kappa shape index (κ3) is 5.82. The molecule has 0 saturated heterocycles. The van der Waals surface area contributed by atoms with Gasteiger partial charge in [0.05, 0.1) is 56.2 Å². The number of hydrogen-bond donors (Lipinski definition) is 0. The average molecular weight is 792 g/mol. The summed E-state index contributed by atoms with van der Waals surface area (Å²) in [4.78, 5) is 15.6. The summed E-state index contributed by atoms with van der Waals surface area (Å²) in [6.07, 6.45) is 1.85. The molecule has 0 unspecified atom stereocenters. The maximum atomic E-state index is 5.38. The summed E-state index contributed by atoms with van der Waals surface area (Å²) in [5.74, 6) is 0. The molecule has 0 aliphatic heterocycles. The van der Waals surface area contributed by atoms with Gasteiger partial charge < -0.3 is 9.13 Å². The third-order valence-electron chi connectivity index (χ3n) is 12.0. The van der Waals surface area contributed by atoms with E-state index in [-0.39, 0.29) is 0 Å². The van der Waals surface area contributed by atoms with Crippen molar-refractivity contribution in [2.75, 3.05) is 0 Å². The topological polar surface area (TPSA) is 48.5 Å². The van der Waals surface area contributed by atoms with Gasteiger partial charge in [-0.1, -0.05) is 140 Å². The van der Waals surface area contributed by atoms with Gasteiger partial charge in [0, 0.05) is 55.7 Å². The number of pyridine rings is 3. The fraction of sp³-hybridized carbons (Fsp3) is 0. The Morgan fingerprint density at radius 1 is 0.306 bits per heavy atom. The molecule has 7 aromatic carbocycles. The monoisotopic (exact) mass is 791 g/mol. The molecule has 12 aromatic rings. The smallest absolute Gasteiger partial charge is 0.0893 e. The zero-order valence-electron chi connectivity index (χ0n) is 33.6. The molecular formula is C57H37N5. The maximum Gasteiger partial charge on any atom is 0.0893 e. The number of fused-ring (bicyclic) bond motifs is 6. The van der Waals surface area contributed by atoms with Gasteiger partial charge in [0.2, 0.25) is 0 Å². The molecular weight excluding hydrogens is 755 g/mol. The quantitative estimate of drug-likeness (QED) is 0.162. The van der Waals surface area contributed by atoms with Gasteiger partial charge in [-0.3, -0.25) is 4.98 Å². The lowest BCUT2D eigenvalue weighted by molar-refractivity contribution is 1.17. The number of para-hydroxylation sites is 4. The number of hydrogen-bond acceptors (Lipinski definition) is 3. The van der Waals surface area contributed by atoms with Crippen LogP contribution in [0.15, 0.2) is 225 Å². The van der Waals surface area contributed by atoms with Gasteiger partial charge in [-0.2, -0.15) is 0 Å². The lowest BCUT2D eigenvalue weighted by atomic mass is 9.94. The van der Waals surface area contributed by atoms with Crippen molar-refractivity contribution in [3.05, 3.63) is 225 Å². The maximum absolute atomic E-state index is 5.38. The molecule has 0 spiro atoms. The van der Waals surface area contributed by atoms with Gasteiger partial charge in [0.25, 0.3) is 0 Å². The van der Waals surface area contributed by atoms with Crippen molar-refractivity contribution in [3.63, 3.8) is 0 Å². The van der Waals surface area contributed by atoms with Crippen molar-refractivity contribution in [2.24, 2.45) is 0 Å². The van der Waals surface area contributed by atoms with Crippen LogP contribution >= 0.6 is 0 Å². The number of benzene rings is 7. The minimum absolute atomic E-state index is 0.794. The van der Waals surface area contributed by atoms with Crippen molar-refractivity contribution < 1.29 is 0 Å². The highest BCUT2D eigenvalue weighted by atomic mass is 15.0. The zero-order chi connectivity index (χ0) is 41.0. The second-order valence-electron chi connectivity index (χ2n) is 15.6. The van der Waals surface area contributed by atoms with Crippen LogP contribution in [0, 0.1) is 0 Å². The van der Waals surface area contributed by atoms with Crippen molar-refractivity contribution >= 4 is 43.6 Å². The first kappa shape index (κ1) is 35.5. The minimum Gasteiger partial charge on any atom is -0.309 e. The molecule has 0 amide bonds. The van der Waals surface area contributed by atoms with Crippen LogP contribution in [0.4, 0.5) is 0 Å². The van der Waals surface area contributed by atoms with Crippen LogP contribution in [-0.2, 0) is 0 Å². The molecule has 0 aliphatic carbocycles. The van der Waals surface area contributed by atoms with E-state index >= 15 is 0 Å². The van der Waals surface area contributed by atoms with E-state index in [0.29, 0.717) is 0 Å². The van der Waals surface area contributed by atoms with E-state index in [0.717, 1.165) is 78.7 Å². The van der Waals surface area contributed by atoms with Crippen LogP contribution in [0.5, 0.6) is 0 Å². The van der Waals surface area contributed by atoms with Crippen LogP contribution in [0.3, 0.4) is 0 Å². The summed E-state index contributed by atoms with van der Waals surface area (Å²) >= 11 is 0. The van der Waals surface area contributed by atoms with Crippen LogP contribution in [0.1, 0.15) is 0 Å². The van der Waals surface area contributed by atoms with Gasteiger partial charge >= 0.3 is 0 Å². The highest BCUT2D eigenvalue weighted by Gasteiger charge is 2.21. The van der Waals surface area contributed by atoms with Crippen LogP contribution in [0.25, 0.3) is 111 Å². The standard InChI is InChI=1S/C57H37N5/c1-2-17-38(18-3-1)57-45(23-14-33-56(57)62-54-31-10-6-21-43(54)44-22-7-11-32-55(44)62)49-26-16-28-51(60-49)50-27-15-25-48(59-50)40-35-34-39(37-46(40)47-24-12-13-36-58-47)61-52-29-8-4-19-41(52)42-20-5-9-30-53(42)61/h1-37H. The predicted octanol–water partition coefficient (Wildman–Crippen LogP) is 14.4. The first-order chi connectivity index (χ1) is 30.8. The van der Waals surface area contributed by atoms with E-state index in [4.69, 9.17) is 15.0 Å². The Balaban J connectivity index is 0.999. The van der Waals surface area contributed by atoms with Gasteiger partial charge in [0.15, 0.2) is 0 Å². The van der Waals surface area contributed by atoms with E-state index in [9.17, 15) is 0 Å². The molecule has 5 heterocycles. The highest BCUT2D eigenvalue weighted by Crippen LogP contribution is 2.42. The Hall–Kier alpha value is -8.41. The largest absolute Gasteiger partial charge is 0.309 e. The Kier molecular flexibility index (Phi) is 8.42. The van der Waals surface area contributed by atoms with Crippen molar-refractivity contribution in [1.82, 2.24) is 24.1 Å². The zero-order valence-corrected chi connectivity index (χ0v) is 33.6. The molecule has 0 radical (unpaired) electrons. The van der Waals surface area contributed by atoms with E-state index in [2.05, 4.69) is 215 Å². The second kappa shape index (κ2) is 14.7. The molecule has 0 atom stereocenters. The summed E-state index contributed by atoms with van der Waals surface area (Å²) in [6, 6.07) is 76.9. The fourth-order valence-corrected chi connectivity index (χ4v) is 9.31. The molecule has 0 saturated carbocycles. The molecule has 5 nitrogen and oxygen atoms in total. The second-order valence-corrected chi connectivity index (χ2v) is 15.6. The Morgan fingerprint density at radius 3 is 1.37 bits per heavy atom. The third-order valence-corrected chi connectivity index (χ3v) is 12.0. The number of nitrogens with zero attached hydrogens (tertiary/aromatic N) is 5. The fourth-order valence-electron chi connectivity index (χ4n) is 9.31. The lowest BCUT2D eigenvalue weighted by Crippen LogP contribution is -2.00. The van der Waals surface area contributed by atoms with E-state index in [1.807, 2.05) is 18.3 Å². The molecule has 0 fully saturated rings. The van der Waals surface area contributed by atoms with Gasteiger partial charge in [-0.05, 0) is 84.4 Å². The normalized spacial score (nSPS) is 11.5. The first-order valence-electron chi connectivity index (χ1n) is 20.9. The Morgan fingerprint density at radius 2 is 0.790 bits per heavy atom. The van der Waals surface area contributed by atoms with Crippen LogP contribution in [-0.4, -0.2) is 24.1 Å². The van der Waals surface area contributed by atoms with Crippen LogP contribution in [0.2, 0.25) is 0 Å². The summed E-state index contributed by atoms with van der Waals surface area (Å²) in [7, 11) is 0. The molecule has 62 heavy (non-hydrogen) atoms. The molecule has 12 rings (SSSR count). The summed E-state index contributed by atoms with van der Waals surface area (Å²) in [5.41, 5.74) is 16.3. The SMILES string of the molecule is c1ccc(-c2c(-c3cccc(-c4cccc(-c5ccc(-n6c7ccccc7c7ccccc76)cc5-c5ccccn5)n4)n3)cccc2-n2c3ccccc3c3ccccc32)cc1. The molecule has 0 bridgehead atoms. The molecule has 0 aliphatic rings. The molecule has 5 aromatic heterocycles. The predicted molar refractivity (Wildman–Crippen MR) is 256 cm³/mol. The van der Waals surface area contributed by atoms with Gasteiger partial charge in [0.1, 0.15) is 0 Å². The summed E-state index contributed by atoms with van der Waals surface area (Å²) in [5, 5.41) is 4.91. The minimum atomic E-state index is 0.794. The van der Waals surface area contributed by atoms with Crippen molar-refractivity contribution in [2.45, 2.75) is 0 Å². The molecule has 5 heteroatoms. The molecule has 290 valence electrons. The van der Waals surface area contributed by atoms with E-state index in [1.54, 1.807) is 0 Å². The Bertz CT molecular complexity index is 3530. The van der Waals surface area contributed by atoms with Crippen molar-refractivity contribution in [3.8, 4) is 67.7 Å². The summed E-state index contributed by atoms with van der Waals surface area (Å²) in [6.45, 7) is 0. The Labute approximate surface area is 358 Å².